The maximum Gasteiger partial charge on any atom is 0.142 e. The fourth-order valence-electron chi connectivity index (χ4n) is 3.19. The van der Waals surface area contributed by atoms with Gasteiger partial charge < -0.3 is 19.5 Å². The summed E-state index contributed by atoms with van der Waals surface area (Å²) in [7, 11) is 0. The van der Waals surface area contributed by atoms with E-state index in [-0.39, 0.29) is 0 Å². The number of anilines is 1. The van der Waals surface area contributed by atoms with Crippen LogP contribution in [0, 0.1) is 0 Å². The van der Waals surface area contributed by atoms with Crippen LogP contribution in [0.4, 0.5) is 5.69 Å². The first-order valence-corrected chi connectivity index (χ1v) is 9.69. The zero-order chi connectivity index (χ0) is 17.9. The highest BCUT2D eigenvalue weighted by Crippen LogP contribution is 2.28. The molecular formula is C20H34N2O3. The zero-order valence-electron chi connectivity index (χ0n) is 15.8. The maximum atomic E-state index is 10.2. The van der Waals surface area contributed by atoms with E-state index in [0.717, 1.165) is 45.0 Å². The fraction of sp³-hybridized carbons (Fsp3) is 0.700. The summed E-state index contributed by atoms with van der Waals surface area (Å²) in [4.78, 5) is 4.69. The number of unbranched alkanes of at least 4 members (excludes halogenated alkanes) is 2. The van der Waals surface area contributed by atoms with Gasteiger partial charge in [-0.15, -0.1) is 0 Å². The Hall–Kier alpha value is -1.30. The fourth-order valence-corrected chi connectivity index (χ4v) is 3.19. The Labute approximate surface area is 152 Å². The van der Waals surface area contributed by atoms with Gasteiger partial charge in [0.15, 0.2) is 0 Å². The van der Waals surface area contributed by atoms with Gasteiger partial charge in [0.05, 0.1) is 25.0 Å². The first kappa shape index (κ1) is 20.0. The maximum absolute atomic E-state index is 10.2. The summed E-state index contributed by atoms with van der Waals surface area (Å²) in [5, 5.41) is 10.2. The van der Waals surface area contributed by atoms with E-state index in [1.54, 1.807) is 0 Å². The van der Waals surface area contributed by atoms with Crippen molar-refractivity contribution in [1.29, 1.82) is 0 Å². The Morgan fingerprint density at radius 1 is 1.08 bits per heavy atom. The number of ether oxygens (including phenoxy) is 2. The van der Waals surface area contributed by atoms with Crippen LogP contribution in [0.25, 0.3) is 0 Å². The van der Waals surface area contributed by atoms with Gasteiger partial charge in [-0.3, -0.25) is 4.90 Å². The molecule has 5 heteroatoms. The third kappa shape index (κ3) is 6.84. The number of β-amino-alcohol motifs (C(OH)–C–C–N with tert-alkyl or cyclic N) is 1. The lowest BCUT2D eigenvalue weighted by Crippen LogP contribution is -2.49. The Bertz CT molecular complexity index is 476. The van der Waals surface area contributed by atoms with Crippen molar-refractivity contribution in [3.63, 3.8) is 0 Å². The van der Waals surface area contributed by atoms with E-state index < -0.39 is 6.10 Å². The van der Waals surface area contributed by atoms with Crippen LogP contribution in [0.15, 0.2) is 24.3 Å². The number of hydrogen-bond donors (Lipinski definition) is 1. The normalized spacial score (nSPS) is 16.8. The highest BCUT2D eigenvalue weighted by Gasteiger charge is 2.21. The van der Waals surface area contributed by atoms with Crippen molar-refractivity contribution in [1.82, 2.24) is 4.90 Å². The number of para-hydroxylation sites is 2. The Morgan fingerprint density at radius 2 is 1.84 bits per heavy atom. The third-order valence-corrected chi connectivity index (χ3v) is 4.55. The van der Waals surface area contributed by atoms with Gasteiger partial charge >= 0.3 is 0 Å². The van der Waals surface area contributed by atoms with Gasteiger partial charge in [-0.2, -0.15) is 0 Å². The van der Waals surface area contributed by atoms with Crippen molar-refractivity contribution in [2.24, 2.45) is 0 Å². The molecule has 1 saturated heterocycles. The minimum absolute atomic E-state index is 0.399. The second kappa shape index (κ2) is 11.3. The largest absolute Gasteiger partial charge is 0.492 e. The number of nitrogens with zero attached hydrogens (tertiary/aromatic N) is 2. The van der Waals surface area contributed by atoms with Crippen LogP contribution in [0.1, 0.15) is 33.1 Å². The molecule has 142 valence electrons. The quantitative estimate of drug-likeness (QED) is 0.622. The molecule has 1 atom stereocenters. The number of benzene rings is 1. The molecule has 0 amide bonds. The molecule has 0 radical (unpaired) electrons. The number of aliphatic hydroxyl groups excluding tert-OH is 1. The Balaban J connectivity index is 1.71. The van der Waals surface area contributed by atoms with Crippen LogP contribution in [0.5, 0.6) is 5.75 Å². The summed E-state index contributed by atoms with van der Waals surface area (Å²) in [6.45, 7) is 10.6. The predicted octanol–water partition coefficient (Wildman–Crippen LogP) is 2.78. The highest BCUT2D eigenvalue weighted by molar-refractivity contribution is 5.58. The highest BCUT2D eigenvalue weighted by atomic mass is 16.5. The number of aliphatic hydroxyl groups is 1. The smallest absolute Gasteiger partial charge is 0.142 e. The van der Waals surface area contributed by atoms with Crippen LogP contribution in [0.2, 0.25) is 0 Å². The van der Waals surface area contributed by atoms with Gasteiger partial charge in [-0.25, -0.2) is 0 Å². The molecule has 5 nitrogen and oxygen atoms in total. The number of hydrogen-bond acceptors (Lipinski definition) is 5. The van der Waals surface area contributed by atoms with Gasteiger partial charge in [0.1, 0.15) is 5.75 Å². The summed E-state index contributed by atoms with van der Waals surface area (Å²) in [5.74, 6) is 0.957. The van der Waals surface area contributed by atoms with Gasteiger partial charge in [0.25, 0.3) is 0 Å². The standard InChI is InChI=1S/C20H34N2O3/c1-3-5-8-15-24-17-18(23)16-21-11-13-22(14-12-21)19-9-6-7-10-20(19)25-4-2/h6-7,9-10,18,23H,3-5,8,11-17H2,1-2H3. The Morgan fingerprint density at radius 3 is 2.56 bits per heavy atom. The number of rotatable bonds is 11. The molecule has 1 aliphatic heterocycles. The van der Waals surface area contributed by atoms with E-state index in [9.17, 15) is 5.11 Å². The molecule has 0 spiro atoms. The van der Waals surface area contributed by atoms with Crippen molar-refractivity contribution in [2.45, 2.75) is 39.2 Å². The molecule has 1 N–H and O–H groups in total. The van der Waals surface area contributed by atoms with E-state index in [1.807, 2.05) is 19.1 Å². The summed E-state index contributed by atoms with van der Waals surface area (Å²) in [6.07, 6.45) is 3.08. The molecule has 1 aliphatic rings. The average Bonchev–Trinajstić information content (AvgIpc) is 2.63. The van der Waals surface area contributed by atoms with E-state index in [4.69, 9.17) is 9.47 Å². The van der Waals surface area contributed by atoms with Crippen molar-refractivity contribution in [2.75, 3.05) is 57.4 Å². The molecule has 25 heavy (non-hydrogen) atoms. The molecule has 0 aliphatic carbocycles. The lowest BCUT2D eigenvalue weighted by molar-refractivity contribution is 0.0147. The molecule has 0 saturated carbocycles. The van der Waals surface area contributed by atoms with Crippen LogP contribution >= 0.6 is 0 Å². The first-order valence-electron chi connectivity index (χ1n) is 9.69. The summed E-state index contributed by atoms with van der Waals surface area (Å²) >= 11 is 0. The SMILES string of the molecule is CCCCCOCC(O)CN1CCN(c2ccccc2OCC)CC1. The van der Waals surface area contributed by atoms with Crippen LogP contribution in [0.3, 0.4) is 0 Å². The van der Waals surface area contributed by atoms with Gasteiger partial charge in [0, 0.05) is 39.3 Å². The van der Waals surface area contributed by atoms with Crippen molar-refractivity contribution >= 4 is 5.69 Å². The summed E-state index contributed by atoms with van der Waals surface area (Å²) in [5.41, 5.74) is 1.17. The van der Waals surface area contributed by atoms with Crippen LogP contribution in [-0.2, 0) is 4.74 Å². The molecule has 0 aromatic heterocycles. The lowest BCUT2D eigenvalue weighted by Gasteiger charge is -2.37. The molecule has 1 unspecified atom stereocenters. The minimum Gasteiger partial charge on any atom is -0.492 e. The molecular weight excluding hydrogens is 316 g/mol. The van der Waals surface area contributed by atoms with Crippen molar-refractivity contribution < 1.29 is 14.6 Å². The van der Waals surface area contributed by atoms with E-state index >= 15 is 0 Å². The Kier molecular flexibility index (Phi) is 9.08. The molecule has 1 heterocycles. The molecule has 0 bridgehead atoms. The zero-order valence-corrected chi connectivity index (χ0v) is 15.8. The van der Waals surface area contributed by atoms with Crippen molar-refractivity contribution in [3.8, 4) is 5.75 Å². The van der Waals surface area contributed by atoms with Crippen LogP contribution < -0.4 is 9.64 Å². The third-order valence-electron chi connectivity index (χ3n) is 4.55. The van der Waals surface area contributed by atoms with Gasteiger partial charge in [-0.1, -0.05) is 31.9 Å². The molecule has 2 rings (SSSR count). The lowest BCUT2D eigenvalue weighted by atomic mass is 10.2. The summed E-state index contributed by atoms with van der Waals surface area (Å²) in [6, 6.07) is 8.23. The molecule has 1 fully saturated rings. The van der Waals surface area contributed by atoms with E-state index in [0.29, 0.717) is 19.8 Å². The second-order valence-corrected chi connectivity index (χ2v) is 6.62. The predicted molar refractivity (Wildman–Crippen MR) is 103 cm³/mol. The van der Waals surface area contributed by atoms with Crippen molar-refractivity contribution in [3.05, 3.63) is 24.3 Å². The molecule has 1 aromatic carbocycles. The topological polar surface area (TPSA) is 45.2 Å². The summed E-state index contributed by atoms with van der Waals surface area (Å²) < 4.78 is 11.3. The van der Waals surface area contributed by atoms with Gasteiger partial charge in [0.2, 0.25) is 0 Å². The van der Waals surface area contributed by atoms with E-state index in [1.165, 1.54) is 18.5 Å². The number of piperazine rings is 1. The molecule has 1 aromatic rings. The van der Waals surface area contributed by atoms with Crippen LogP contribution in [-0.4, -0.2) is 68.7 Å². The van der Waals surface area contributed by atoms with Gasteiger partial charge in [-0.05, 0) is 25.5 Å². The minimum atomic E-state index is -0.399. The van der Waals surface area contributed by atoms with E-state index in [2.05, 4.69) is 28.9 Å². The second-order valence-electron chi connectivity index (χ2n) is 6.62. The first-order chi connectivity index (χ1) is 12.2. The average molecular weight is 351 g/mol. The monoisotopic (exact) mass is 350 g/mol.